The zero-order chi connectivity index (χ0) is 12.6. The van der Waals surface area contributed by atoms with E-state index in [9.17, 15) is 13.2 Å². The van der Waals surface area contributed by atoms with Crippen molar-refractivity contribution in [3.05, 3.63) is 35.1 Å². The minimum absolute atomic E-state index is 0.0512. The van der Waals surface area contributed by atoms with Gasteiger partial charge in [-0.2, -0.15) is 0 Å². The molecule has 1 aromatic carbocycles. The molecule has 17 heavy (non-hydrogen) atoms. The van der Waals surface area contributed by atoms with Crippen LogP contribution in [0.4, 0.5) is 13.2 Å². The van der Waals surface area contributed by atoms with E-state index in [0.29, 0.717) is 12.5 Å². The Morgan fingerprint density at radius 1 is 1.18 bits per heavy atom. The maximum Gasteiger partial charge on any atom is 0.161 e. The molecule has 0 spiro atoms. The van der Waals surface area contributed by atoms with Crippen LogP contribution in [0, 0.1) is 17.5 Å². The molecule has 0 aromatic heterocycles. The van der Waals surface area contributed by atoms with Gasteiger partial charge >= 0.3 is 0 Å². The lowest BCUT2D eigenvalue weighted by molar-refractivity contribution is 0.0527. The van der Waals surface area contributed by atoms with Crippen LogP contribution >= 0.6 is 11.6 Å². The second kappa shape index (κ2) is 4.86. The van der Waals surface area contributed by atoms with E-state index in [1.54, 1.807) is 0 Å². The van der Waals surface area contributed by atoms with Gasteiger partial charge in [0.15, 0.2) is 11.6 Å². The lowest BCUT2D eigenvalue weighted by Crippen LogP contribution is -2.16. The third kappa shape index (κ3) is 2.58. The lowest BCUT2D eigenvalue weighted by Gasteiger charge is -2.18. The summed E-state index contributed by atoms with van der Waals surface area (Å²) in [7, 11) is 0. The smallest absolute Gasteiger partial charge is 0.161 e. The lowest BCUT2D eigenvalue weighted by atomic mass is 10.0. The van der Waals surface area contributed by atoms with Gasteiger partial charge in [0.2, 0.25) is 0 Å². The Morgan fingerprint density at radius 2 is 1.82 bits per heavy atom. The van der Waals surface area contributed by atoms with Crippen molar-refractivity contribution in [2.75, 3.05) is 0 Å². The molecule has 1 nitrogen and oxygen atoms in total. The molecule has 0 bridgehead atoms. The van der Waals surface area contributed by atoms with Crippen LogP contribution in [0.5, 0.6) is 0 Å². The van der Waals surface area contributed by atoms with E-state index in [-0.39, 0.29) is 17.8 Å². The molecule has 1 aliphatic heterocycles. The first-order valence-corrected chi connectivity index (χ1v) is 5.86. The van der Waals surface area contributed by atoms with Gasteiger partial charge in [-0.1, -0.05) is 0 Å². The van der Waals surface area contributed by atoms with E-state index in [2.05, 4.69) is 0 Å². The third-order valence-electron chi connectivity index (χ3n) is 2.93. The van der Waals surface area contributed by atoms with Gasteiger partial charge in [-0.05, 0) is 25.8 Å². The SMILES string of the molecule is CC1CCC(C(Cl)c2cc(F)c(F)cc2F)O1. The molecule has 5 heteroatoms. The molecule has 3 unspecified atom stereocenters. The van der Waals surface area contributed by atoms with Gasteiger partial charge in [-0.3, -0.25) is 0 Å². The minimum atomic E-state index is -1.21. The van der Waals surface area contributed by atoms with E-state index < -0.39 is 22.8 Å². The predicted molar refractivity (Wildman–Crippen MR) is 58.5 cm³/mol. The van der Waals surface area contributed by atoms with Crippen LogP contribution in [0.2, 0.25) is 0 Å². The number of alkyl halides is 1. The third-order valence-corrected chi connectivity index (χ3v) is 3.44. The highest BCUT2D eigenvalue weighted by atomic mass is 35.5. The Morgan fingerprint density at radius 3 is 2.41 bits per heavy atom. The van der Waals surface area contributed by atoms with Crippen LogP contribution in [0.1, 0.15) is 30.7 Å². The summed E-state index contributed by atoms with van der Waals surface area (Å²) in [6, 6.07) is 1.31. The maximum absolute atomic E-state index is 13.5. The molecule has 2 rings (SSSR count). The zero-order valence-corrected chi connectivity index (χ0v) is 9.98. The normalized spacial score (nSPS) is 26.2. The van der Waals surface area contributed by atoms with Gasteiger partial charge in [0, 0.05) is 11.6 Å². The van der Waals surface area contributed by atoms with Gasteiger partial charge in [-0.15, -0.1) is 11.6 Å². The fourth-order valence-corrected chi connectivity index (χ4v) is 2.35. The maximum atomic E-state index is 13.5. The highest BCUT2D eigenvalue weighted by Crippen LogP contribution is 2.36. The van der Waals surface area contributed by atoms with Gasteiger partial charge in [0.25, 0.3) is 0 Å². The number of hydrogen-bond acceptors (Lipinski definition) is 1. The average molecular weight is 265 g/mol. The summed E-state index contributed by atoms with van der Waals surface area (Å²) in [5, 5.41) is -0.796. The molecular formula is C12H12ClF3O. The predicted octanol–water partition coefficient (Wildman–Crippen LogP) is 3.95. The van der Waals surface area contributed by atoms with Crippen LogP contribution in [-0.2, 0) is 4.74 Å². The Labute approximate surface area is 103 Å². The minimum Gasteiger partial charge on any atom is -0.373 e. The zero-order valence-electron chi connectivity index (χ0n) is 9.22. The van der Waals surface area contributed by atoms with Crippen molar-refractivity contribution in [3.63, 3.8) is 0 Å². The van der Waals surface area contributed by atoms with Crippen molar-refractivity contribution in [3.8, 4) is 0 Å². The van der Waals surface area contributed by atoms with Crippen LogP contribution in [0.3, 0.4) is 0 Å². The summed E-state index contributed by atoms with van der Waals surface area (Å²) in [5.41, 5.74) is -0.0512. The summed E-state index contributed by atoms with van der Waals surface area (Å²) in [4.78, 5) is 0. The first-order valence-electron chi connectivity index (χ1n) is 5.43. The Bertz CT molecular complexity index is 424. The van der Waals surface area contributed by atoms with Crippen molar-refractivity contribution in [2.45, 2.75) is 37.4 Å². The van der Waals surface area contributed by atoms with Crippen molar-refractivity contribution in [2.24, 2.45) is 0 Å². The number of rotatable bonds is 2. The first-order chi connectivity index (χ1) is 7.99. The molecule has 1 aliphatic rings. The molecule has 1 saturated heterocycles. The first kappa shape index (κ1) is 12.7. The van der Waals surface area contributed by atoms with Crippen molar-refractivity contribution >= 4 is 11.6 Å². The molecule has 1 aromatic rings. The van der Waals surface area contributed by atoms with Gasteiger partial charge in [0.05, 0.1) is 17.6 Å². The highest BCUT2D eigenvalue weighted by Gasteiger charge is 2.31. The molecule has 0 radical (unpaired) electrons. The Hall–Kier alpha value is -0.740. The number of benzene rings is 1. The molecular weight excluding hydrogens is 253 g/mol. The van der Waals surface area contributed by atoms with Crippen LogP contribution < -0.4 is 0 Å². The fraction of sp³-hybridized carbons (Fsp3) is 0.500. The van der Waals surface area contributed by atoms with E-state index in [0.717, 1.165) is 12.5 Å². The number of hydrogen-bond donors (Lipinski definition) is 0. The Kier molecular flexibility index (Phi) is 3.64. The van der Waals surface area contributed by atoms with Crippen LogP contribution in [-0.4, -0.2) is 12.2 Å². The fourth-order valence-electron chi connectivity index (χ4n) is 2.00. The second-order valence-corrected chi connectivity index (χ2v) is 4.72. The average Bonchev–Trinajstić information content (AvgIpc) is 2.69. The Balaban J connectivity index is 2.24. The number of ether oxygens (including phenoxy) is 1. The molecule has 0 saturated carbocycles. The summed E-state index contributed by atoms with van der Waals surface area (Å²) >= 11 is 6.05. The summed E-state index contributed by atoms with van der Waals surface area (Å²) < 4.78 is 44.8. The molecule has 0 amide bonds. The van der Waals surface area contributed by atoms with E-state index in [1.807, 2.05) is 6.92 Å². The summed E-state index contributed by atoms with van der Waals surface area (Å²) in [5.74, 6) is -3.15. The van der Waals surface area contributed by atoms with Crippen LogP contribution in [0.15, 0.2) is 12.1 Å². The van der Waals surface area contributed by atoms with Crippen molar-refractivity contribution in [1.82, 2.24) is 0 Å². The molecule has 1 heterocycles. The quantitative estimate of drug-likeness (QED) is 0.580. The molecule has 0 aliphatic carbocycles. The van der Waals surface area contributed by atoms with E-state index >= 15 is 0 Å². The van der Waals surface area contributed by atoms with Gasteiger partial charge in [0.1, 0.15) is 5.82 Å². The van der Waals surface area contributed by atoms with Crippen LogP contribution in [0.25, 0.3) is 0 Å². The standard InChI is InChI=1S/C12H12ClF3O/c1-6-2-3-11(17-6)12(13)7-4-9(15)10(16)5-8(7)14/h4-6,11-12H,2-3H2,1H3. The van der Waals surface area contributed by atoms with Crippen molar-refractivity contribution < 1.29 is 17.9 Å². The van der Waals surface area contributed by atoms with E-state index in [4.69, 9.17) is 16.3 Å². The van der Waals surface area contributed by atoms with Crippen molar-refractivity contribution in [1.29, 1.82) is 0 Å². The highest BCUT2D eigenvalue weighted by molar-refractivity contribution is 6.21. The number of halogens is 4. The second-order valence-electron chi connectivity index (χ2n) is 4.25. The molecule has 0 N–H and O–H groups in total. The monoisotopic (exact) mass is 264 g/mol. The molecule has 3 atom stereocenters. The topological polar surface area (TPSA) is 9.23 Å². The van der Waals surface area contributed by atoms with Gasteiger partial charge in [-0.25, -0.2) is 13.2 Å². The van der Waals surface area contributed by atoms with Gasteiger partial charge < -0.3 is 4.74 Å². The molecule has 94 valence electrons. The van der Waals surface area contributed by atoms with E-state index in [1.165, 1.54) is 0 Å². The summed E-state index contributed by atoms with van der Waals surface area (Å²) in [6.45, 7) is 1.89. The summed E-state index contributed by atoms with van der Waals surface area (Å²) in [6.07, 6.45) is 1.23. The largest absolute Gasteiger partial charge is 0.373 e. The molecule has 1 fully saturated rings.